The van der Waals surface area contributed by atoms with Gasteiger partial charge in [0, 0.05) is 130 Å². The molecule has 10 aliphatic rings. The van der Waals surface area contributed by atoms with Gasteiger partial charge in [-0.15, -0.1) is 11.8 Å². The molecule has 0 aromatic rings. The summed E-state index contributed by atoms with van der Waals surface area (Å²) < 4.78 is 22.4. The van der Waals surface area contributed by atoms with Crippen molar-refractivity contribution in [2.24, 2.45) is 52.8 Å². The molecule has 2 saturated carbocycles. The van der Waals surface area contributed by atoms with E-state index in [0.29, 0.717) is 66.7 Å². The second-order valence-electron chi connectivity index (χ2n) is 34.7. The van der Waals surface area contributed by atoms with Crippen LogP contribution in [-0.4, -0.2) is 221 Å². The fourth-order valence-corrected chi connectivity index (χ4v) is 19.4. The predicted octanol–water partition coefficient (Wildman–Crippen LogP) is 19.1. The first kappa shape index (κ1) is 92.4. The average molecular weight is 1360 g/mol. The van der Waals surface area contributed by atoms with Gasteiger partial charge in [-0.05, 0) is 214 Å². The Morgan fingerprint density at radius 1 is 0.474 bits per heavy atom. The fourth-order valence-electron chi connectivity index (χ4n) is 17.9. The fraction of sp³-hybridized carbons (Fsp3) is 0.988. The Kier molecular flexibility index (Phi) is 42.3. The number of hydrogen-bond acceptors (Lipinski definition) is 12. The van der Waals surface area contributed by atoms with Gasteiger partial charge in [0.15, 0.2) is 5.79 Å². The molecule has 0 aromatic heterocycles. The highest BCUT2D eigenvalue weighted by Crippen LogP contribution is 2.56. The molecule has 10 rings (SSSR count). The molecule has 0 N–H and O–H groups in total. The van der Waals surface area contributed by atoms with E-state index in [-0.39, 0.29) is 34.1 Å². The van der Waals surface area contributed by atoms with Crippen molar-refractivity contribution in [2.75, 3.05) is 78.6 Å². The maximum Gasteiger partial charge on any atom is 0.237 e. The van der Waals surface area contributed by atoms with Gasteiger partial charge in [0.2, 0.25) is 6.04 Å². The van der Waals surface area contributed by atoms with E-state index >= 15 is 0 Å². The van der Waals surface area contributed by atoms with Crippen molar-refractivity contribution >= 4 is 11.8 Å². The highest BCUT2D eigenvalue weighted by molar-refractivity contribution is 8.00. The highest BCUT2D eigenvalue weighted by atomic mass is 32.2. The lowest BCUT2D eigenvalue weighted by atomic mass is 9.89. The van der Waals surface area contributed by atoms with Crippen LogP contribution < -0.4 is 0 Å². The maximum atomic E-state index is 7.06. The number of rotatable bonds is 18. The second-order valence-corrected chi connectivity index (χ2v) is 36.0. The number of methoxy groups -OCH3 is 1. The molecule has 566 valence electrons. The molecule has 12 nitrogen and oxygen atoms in total. The number of fused-ring (bicyclic) bond motifs is 2. The summed E-state index contributed by atoms with van der Waals surface area (Å²) in [7, 11) is 1.72. The van der Waals surface area contributed by atoms with Crippen LogP contribution in [0.15, 0.2) is 0 Å². The van der Waals surface area contributed by atoms with Crippen molar-refractivity contribution < 1.29 is 18.9 Å². The van der Waals surface area contributed by atoms with E-state index in [4.69, 9.17) is 25.5 Å². The second kappa shape index (κ2) is 43.5. The zero-order valence-corrected chi connectivity index (χ0v) is 66.9. The van der Waals surface area contributed by atoms with Gasteiger partial charge in [-0.25, -0.2) is 6.57 Å². The zero-order chi connectivity index (χ0) is 69.3. The van der Waals surface area contributed by atoms with Crippen LogP contribution >= 0.6 is 11.8 Å². The van der Waals surface area contributed by atoms with Crippen LogP contribution in [0.1, 0.15) is 287 Å². The van der Waals surface area contributed by atoms with Crippen LogP contribution in [-0.2, 0) is 18.9 Å². The van der Waals surface area contributed by atoms with Gasteiger partial charge in [0.1, 0.15) is 0 Å². The molecule has 13 heteroatoms. The van der Waals surface area contributed by atoms with E-state index < -0.39 is 0 Å². The van der Waals surface area contributed by atoms with Crippen LogP contribution in [0.25, 0.3) is 4.85 Å². The number of piperidine rings is 1. The summed E-state index contributed by atoms with van der Waals surface area (Å²) in [4.78, 5) is 22.0. The molecule has 2 aliphatic carbocycles. The van der Waals surface area contributed by atoms with Crippen molar-refractivity contribution in [1.82, 2.24) is 34.3 Å². The third-order valence-electron chi connectivity index (χ3n) is 22.9. The number of ether oxygens (including phenoxy) is 4. The smallest absolute Gasteiger partial charge is 0.237 e. The van der Waals surface area contributed by atoms with Gasteiger partial charge in [-0.2, -0.15) is 0 Å². The SMILES string of the molecule is C.C.C.CC(C)[C@@H]1CC2(CC2)CN1C(C)C.CC(C)[C@@H]1CC2(CN1C(C)C)OCCO2.CC(C)[C@@H]1CCCN1C(C)C.CC(C)[C@@H]1SCCN1C(C)C.CC(C)[C@@H]1[C@H]2CC[C@H](C2)N1C(C)C.COCCO[C@H]1C[C@@H](C(C)C)N(C(C)C)C1.[C-]#[N+][C@H]1C[C@@H](C(C)C)N(C(C)C)C1. The molecule has 2 bridgehead atoms. The molecule has 0 amide bonds. The van der Waals surface area contributed by atoms with E-state index in [1.807, 2.05) is 0 Å². The normalized spacial score (nSPS) is 29.8. The van der Waals surface area contributed by atoms with Gasteiger partial charge in [0.05, 0.1) is 51.0 Å². The lowest BCUT2D eigenvalue weighted by molar-refractivity contribution is -0.146. The Labute approximate surface area is 599 Å². The summed E-state index contributed by atoms with van der Waals surface area (Å²) >= 11 is 2.11. The van der Waals surface area contributed by atoms with Gasteiger partial charge >= 0.3 is 0 Å². The van der Waals surface area contributed by atoms with Gasteiger partial charge in [-0.3, -0.25) is 34.3 Å². The Morgan fingerprint density at radius 3 is 1.33 bits per heavy atom. The van der Waals surface area contributed by atoms with Crippen LogP contribution in [0.3, 0.4) is 0 Å². The van der Waals surface area contributed by atoms with Crippen LogP contribution in [0.2, 0.25) is 0 Å². The summed E-state index contributed by atoms with van der Waals surface area (Å²) in [5, 5.41) is 0.773. The van der Waals surface area contributed by atoms with E-state index in [1.165, 1.54) is 83.2 Å². The lowest BCUT2D eigenvalue weighted by Crippen LogP contribution is -2.47. The Morgan fingerprint density at radius 2 is 0.958 bits per heavy atom. The quantitative estimate of drug-likeness (QED) is 0.0970. The van der Waals surface area contributed by atoms with Crippen LogP contribution in [0.4, 0.5) is 0 Å². The summed E-state index contributed by atoms with van der Waals surface area (Å²) in [5.74, 6) is 7.42. The molecule has 8 saturated heterocycles. The Bertz CT molecular complexity index is 1890. The first-order valence-electron chi connectivity index (χ1n) is 38.7. The summed E-state index contributed by atoms with van der Waals surface area (Å²) in [6.07, 6.45) is 15.4. The minimum absolute atomic E-state index is 0. The molecule has 2 spiro atoms. The van der Waals surface area contributed by atoms with Crippen molar-refractivity contribution in [3.8, 4) is 0 Å². The van der Waals surface area contributed by atoms with Crippen molar-refractivity contribution in [1.29, 1.82) is 0 Å². The number of hydrogen-bond donors (Lipinski definition) is 0. The minimum Gasteiger partial charge on any atom is -0.382 e. The Balaban J connectivity index is 0.000000553. The predicted molar refractivity (Wildman–Crippen MR) is 418 cm³/mol. The molecular formula is C82H168N8O4S. The van der Waals surface area contributed by atoms with Gasteiger partial charge in [-0.1, -0.05) is 119 Å². The highest BCUT2D eigenvalue weighted by Gasteiger charge is 2.53. The molecule has 0 unspecified atom stereocenters. The molecule has 10 fully saturated rings. The van der Waals surface area contributed by atoms with E-state index in [1.54, 1.807) is 7.11 Å². The number of likely N-dealkylation sites (tertiary alicyclic amines) is 6. The molecular weight excluding hydrogens is 1190 g/mol. The molecule has 8 aliphatic heterocycles. The largest absolute Gasteiger partial charge is 0.382 e. The lowest BCUT2D eigenvalue weighted by Gasteiger charge is -2.40. The Hall–Kier alpha value is -0.600. The van der Waals surface area contributed by atoms with Crippen molar-refractivity contribution in [3.63, 3.8) is 0 Å². The third kappa shape index (κ3) is 27.2. The monoisotopic (exact) mass is 1360 g/mol. The van der Waals surface area contributed by atoms with E-state index in [0.717, 1.165) is 141 Å². The topological polar surface area (TPSA) is 64.0 Å². The molecule has 11 atom stereocenters. The molecule has 0 radical (unpaired) electrons. The van der Waals surface area contributed by atoms with E-state index in [2.05, 4.69) is 245 Å². The van der Waals surface area contributed by atoms with Crippen LogP contribution in [0, 0.1) is 59.3 Å². The van der Waals surface area contributed by atoms with Crippen molar-refractivity contribution in [2.45, 2.75) is 395 Å². The maximum absolute atomic E-state index is 7.06. The standard InChI is InChI=1S/C13H27NO2.C12H23NO2.2C12H23N.C11H20N2.C10H21N.C9H19NS.3CH4/c1-10(2)13-8-12(16-7-6-15-5)9-14(13)11(3)4;1-9(2)11-7-12(14-5-6-15-12)8-13(11)10(3)4;1-9(2)11-7-12(5-6-12)8-13(11)10(3)4;1-8(2)12-10-5-6-11(7-10)13(12)9(3)4;1-8(2)11-6-10(12-5)7-13(11)9(3)4;1-8(2)10-6-5-7-11(10)9(3)4;1-7(2)9-10(8(3)4)5-6-11-9;;;/h10-13H,6-9H2,1-5H3;9-11H,5-8H2,1-4H3;9-11H,5-8H2,1-4H3;8-12H,5-7H2,1-4H3;8-11H,6-7H2,1-4H3;8-10H,5-7H2,1-4H3;7-9H,5-6H2,1-4H3;3*1H4/t12-,13-;2*11-;10-,11+,12+;10-,11-;10-;9-;;;/m0000000.../s1. The molecule has 8 heterocycles. The average Bonchev–Trinajstić information content (AvgIpc) is 1.61. The summed E-state index contributed by atoms with van der Waals surface area (Å²) in [5.41, 5.74) is 0.777. The van der Waals surface area contributed by atoms with Gasteiger partial charge in [0.25, 0.3) is 0 Å². The zero-order valence-electron chi connectivity index (χ0n) is 66.1. The van der Waals surface area contributed by atoms with Crippen LogP contribution in [0.5, 0.6) is 0 Å². The third-order valence-corrected chi connectivity index (χ3v) is 24.5. The first-order chi connectivity index (χ1) is 43.1. The van der Waals surface area contributed by atoms with Gasteiger partial charge < -0.3 is 23.8 Å². The van der Waals surface area contributed by atoms with E-state index in [9.17, 15) is 0 Å². The summed E-state index contributed by atoms with van der Waals surface area (Å²) in [6, 6.07) is 10.4. The molecule has 95 heavy (non-hydrogen) atoms. The summed E-state index contributed by atoms with van der Waals surface area (Å²) in [6.45, 7) is 81.6. The minimum atomic E-state index is -0.279. The molecule has 0 aromatic carbocycles. The first-order valence-corrected chi connectivity index (χ1v) is 39.8. The number of thioether (sulfide) groups is 1. The van der Waals surface area contributed by atoms with Crippen molar-refractivity contribution in [3.05, 3.63) is 11.4 Å². The number of nitrogens with zero attached hydrogens (tertiary/aromatic N) is 8.